The molecule has 2 rings (SSSR count). The fraction of sp³-hybridized carbons (Fsp3) is 0.529. The minimum Gasteiger partial charge on any atom is -0.355 e. The summed E-state index contributed by atoms with van der Waals surface area (Å²) >= 11 is 0. The van der Waals surface area contributed by atoms with Crippen LogP contribution in [-0.2, 0) is 16.0 Å². The molecule has 0 saturated heterocycles. The fourth-order valence-electron chi connectivity index (χ4n) is 2.29. The van der Waals surface area contributed by atoms with Crippen molar-refractivity contribution in [1.29, 1.82) is 0 Å². The van der Waals surface area contributed by atoms with Crippen LogP contribution < -0.4 is 10.6 Å². The van der Waals surface area contributed by atoms with Crippen molar-refractivity contribution >= 4 is 11.8 Å². The molecule has 0 heterocycles. The number of carbonyl (C=O) groups excluding carboxylic acids is 2. The zero-order chi connectivity index (χ0) is 16.2. The first-order valence-electron chi connectivity index (χ1n) is 7.75. The molecular formula is C17H23FN2O2. The largest absolute Gasteiger partial charge is 0.355 e. The average Bonchev–Trinajstić information content (AvgIpc) is 3.28. The fourth-order valence-corrected chi connectivity index (χ4v) is 2.29. The lowest BCUT2D eigenvalue weighted by Gasteiger charge is -2.16. The van der Waals surface area contributed by atoms with Gasteiger partial charge < -0.3 is 10.6 Å². The number of halogens is 1. The van der Waals surface area contributed by atoms with Crippen LogP contribution in [0.25, 0.3) is 0 Å². The lowest BCUT2D eigenvalue weighted by atomic mass is 10.0. The predicted octanol–water partition coefficient (Wildman–Crippen LogP) is 2.04. The SMILES string of the molecule is CC(C)CNC(=O)C1(C(=O)NCCc2ccc(F)cc2)CC1. The normalized spacial score (nSPS) is 15.5. The van der Waals surface area contributed by atoms with Gasteiger partial charge in [0, 0.05) is 13.1 Å². The summed E-state index contributed by atoms with van der Waals surface area (Å²) in [6.45, 7) is 5.07. The number of hydrogen-bond acceptors (Lipinski definition) is 2. The van der Waals surface area contributed by atoms with Crippen molar-refractivity contribution in [2.45, 2.75) is 33.1 Å². The summed E-state index contributed by atoms with van der Waals surface area (Å²) in [6.07, 6.45) is 1.84. The van der Waals surface area contributed by atoms with Gasteiger partial charge in [0.2, 0.25) is 11.8 Å². The molecule has 1 aliphatic carbocycles. The molecule has 120 valence electrons. The Morgan fingerprint density at radius 3 is 2.27 bits per heavy atom. The van der Waals surface area contributed by atoms with E-state index < -0.39 is 5.41 Å². The van der Waals surface area contributed by atoms with Crippen LogP contribution in [0.15, 0.2) is 24.3 Å². The molecule has 0 spiro atoms. The van der Waals surface area contributed by atoms with Crippen molar-refractivity contribution in [1.82, 2.24) is 10.6 Å². The number of amides is 2. The second kappa shape index (κ2) is 6.90. The number of benzene rings is 1. The molecule has 0 atom stereocenters. The van der Waals surface area contributed by atoms with Gasteiger partial charge in [-0.2, -0.15) is 0 Å². The molecule has 0 aromatic heterocycles. The Hall–Kier alpha value is -1.91. The maximum atomic E-state index is 12.8. The maximum absolute atomic E-state index is 12.8. The quantitative estimate of drug-likeness (QED) is 0.757. The minimum absolute atomic E-state index is 0.166. The Balaban J connectivity index is 1.79. The molecule has 5 heteroatoms. The van der Waals surface area contributed by atoms with Gasteiger partial charge >= 0.3 is 0 Å². The minimum atomic E-state index is -0.863. The van der Waals surface area contributed by atoms with Crippen molar-refractivity contribution < 1.29 is 14.0 Å². The molecule has 0 aliphatic heterocycles. The highest BCUT2D eigenvalue weighted by atomic mass is 19.1. The second-order valence-electron chi connectivity index (χ2n) is 6.32. The Morgan fingerprint density at radius 1 is 1.14 bits per heavy atom. The van der Waals surface area contributed by atoms with Gasteiger partial charge in [-0.25, -0.2) is 4.39 Å². The van der Waals surface area contributed by atoms with Crippen LogP contribution in [0.3, 0.4) is 0 Å². The first kappa shape index (κ1) is 16.5. The monoisotopic (exact) mass is 306 g/mol. The highest BCUT2D eigenvalue weighted by Crippen LogP contribution is 2.46. The van der Waals surface area contributed by atoms with E-state index >= 15 is 0 Å². The summed E-state index contributed by atoms with van der Waals surface area (Å²) in [5.74, 6) is -0.274. The van der Waals surface area contributed by atoms with Crippen molar-refractivity contribution in [3.63, 3.8) is 0 Å². The van der Waals surface area contributed by atoms with Gasteiger partial charge in [0.15, 0.2) is 0 Å². The zero-order valence-corrected chi connectivity index (χ0v) is 13.1. The van der Waals surface area contributed by atoms with Crippen LogP contribution in [0.4, 0.5) is 4.39 Å². The van der Waals surface area contributed by atoms with E-state index in [1.807, 2.05) is 13.8 Å². The summed E-state index contributed by atoms with van der Waals surface area (Å²) in [7, 11) is 0. The summed E-state index contributed by atoms with van der Waals surface area (Å²) in [5, 5.41) is 5.66. The Bertz CT molecular complexity index is 536. The molecular weight excluding hydrogens is 283 g/mol. The third-order valence-electron chi connectivity index (χ3n) is 3.90. The van der Waals surface area contributed by atoms with E-state index in [4.69, 9.17) is 0 Å². The van der Waals surface area contributed by atoms with Crippen molar-refractivity contribution in [3.05, 3.63) is 35.6 Å². The van der Waals surface area contributed by atoms with Gasteiger partial charge in [-0.15, -0.1) is 0 Å². The van der Waals surface area contributed by atoms with Gasteiger partial charge in [-0.05, 0) is 42.9 Å². The lowest BCUT2D eigenvalue weighted by molar-refractivity contribution is -0.137. The third kappa shape index (κ3) is 4.06. The summed E-state index contributed by atoms with van der Waals surface area (Å²) in [4.78, 5) is 24.4. The summed E-state index contributed by atoms with van der Waals surface area (Å²) in [5.41, 5.74) is 0.0910. The van der Waals surface area contributed by atoms with Gasteiger partial charge in [-0.3, -0.25) is 9.59 Å². The van der Waals surface area contributed by atoms with E-state index in [2.05, 4.69) is 10.6 Å². The number of carbonyl (C=O) groups is 2. The predicted molar refractivity (Wildman–Crippen MR) is 82.6 cm³/mol. The zero-order valence-electron chi connectivity index (χ0n) is 13.1. The highest BCUT2D eigenvalue weighted by Gasteiger charge is 2.56. The molecule has 2 N–H and O–H groups in total. The van der Waals surface area contributed by atoms with Crippen LogP contribution in [0.2, 0.25) is 0 Å². The van der Waals surface area contributed by atoms with Crippen LogP contribution in [0.1, 0.15) is 32.3 Å². The molecule has 1 aliphatic rings. The van der Waals surface area contributed by atoms with Crippen molar-refractivity contribution in [2.24, 2.45) is 11.3 Å². The van der Waals surface area contributed by atoms with Crippen LogP contribution in [0, 0.1) is 17.2 Å². The number of rotatable bonds is 7. The van der Waals surface area contributed by atoms with Crippen LogP contribution in [0.5, 0.6) is 0 Å². The Kier molecular flexibility index (Phi) is 5.16. The molecule has 0 unspecified atom stereocenters. The van der Waals surface area contributed by atoms with E-state index in [1.165, 1.54) is 12.1 Å². The molecule has 2 amide bonds. The molecule has 0 bridgehead atoms. The van der Waals surface area contributed by atoms with E-state index in [-0.39, 0.29) is 17.6 Å². The number of hydrogen-bond donors (Lipinski definition) is 2. The molecule has 1 fully saturated rings. The molecule has 1 aromatic carbocycles. The lowest BCUT2D eigenvalue weighted by Crippen LogP contribution is -2.44. The Labute approximate surface area is 130 Å². The first-order chi connectivity index (χ1) is 10.4. The van der Waals surface area contributed by atoms with E-state index in [9.17, 15) is 14.0 Å². The molecule has 0 radical (unpaired) electrons. The summed E-state index contributed by atoms with van der Waals surface area (Å²) < 4.78 is 12.8. The van der Waals surface area contributed by atoms with Gasteiger partial charge in [0.25, 0.3) is 0 Å². The van der Waals surface area contributed by atoms with Crippen LogP contribution >= 0.6 is 0 Å². The van der Waals surface area contributed by atoms with E-state index in [1.54, 1.807) is 12.1 Å². The van der Waals surface area contributed by atoms with Gasteiger partial charge in [0.1, 0.15) is 11.2 Å². The van der Waals surface area contributed by atoms with Gasteiger partial charge in [-0.1, -0.05) is 26.0 Å². The molecule has 1 saturated carbocycles. The second-order valence-corrected chi connectivity index (χ2v) is 6.32. The summed E-state index contributed by atoms with van der Waals surface area (Å²) in [6, 6.07) is 6.20. The van der Waals surface area contributed by atoms with E-state index in [0.29, 0.717) is 38.3 Å². The first-order valence-corrected chi connectivity index (χ1v) is 7.75. The third-order valence-corrected chi connectivity index (χ3v) is 3.90. The van der Waals surface area contributed by atoms with Crippen molar-refractivity contribution in [2.75, 3.05) is 13.1 Å². The van der Waals surface area contributed by atoms with Crippen LogP contribution in [-0.4, -0.2) is 24.9 Å². The smallest absolute Gasteiger partial charge is 0.235 e. The highest BCUT2D eigenvalue weighted by molar-refractivity contribution is 6.07. The topological polar surface area (TPSA) is 58.2 Å². The maximum Gasteiger partial charge on any atom is 0.235 e. The van der Waals surface area contributed by atoms with E-state index in [0.717, 1.165) is 5.56 Å². The standard InChI is InChI=1S/C17H23FN2O2/c1-12(2)11-20-16(22)17(8-9-17)15(21)19-10-7-13-3-5-14(18)6-4-13/h3-6,12H,7-11H2,1-2H3,(H,19,21)(H,20,22). The Morgan fingerprint density at radius 2 is 1.73 bits per heavy atom. The molecule has 4 nitrogen and oxygen atoms in total. The number of nitrogens with one attached hydrogen (secondary N) is 2. The molecule has 22 heavy (non-hydrogen) atoms. The van der Waals surface area contributed by atoms with Gasteiger partial charge in [0.05, 0.1) is 0 Å². The average molecular weight is 306 g/mol. The van der Waals surface area contributed by atoms with Crippen molar-refractivity contribution in [3.8, 4) is 0 Å². The molecule has 1 aromatic rings.